The van der Waals surface area contributed by atoms with E-state index in [1.54, 1.807) is 24.3 Å². The molecule has 0 aliphatic carbocycles. The van der Waals surface area contributed by atoms with Gasteiger partial charge in [0.25, 0.3) is 5.91 Å². The summed E-state index contributed by atoms with van der Waals surface area (Å²) in [6.45, 7) is 9.62. The number of benzene rings is 1. The number of ether oxygens (including phenoxy) is 2. The maximum Gasteiger partial charge on any atom is 0.330 e. The molecule has 0 N–H and O–H groups in total. The van der Waals surface area contributed by atoms with E-state index >= 15 is 0 Å². The molecular weight excluding hydrogens is 482 g/mol. The quantitative estimate of drug-likeness (QED) is 0.147. The molecule has 0 spiro atoms. The number of hydrogen-bond donors (Lipinski definition) is 0. The third-order valence-corrected chi connectivity index (χ3v) is 5.97. The van der Waals surface area contributed by atoms with Gasteiger partial charge < -0.3 is 19.3 Å². The molecule has 1 aliphatic rings. The van der Waals surface area contributed by atoms with E-state index in [2.05, 4.69) is 25.3 Å². The summed E-state index contributed by atoms with van der Waals surface area (Å²) in [6.07, 6.45) is 5.36. The van der Waals surface area contributed by atoms with Crippen LogP contribution in [0.15, 0.2) is 53.8 Å². The number of hydrogen-bond acceptors (Lipinski definition) is 8. The topological polar surface area (TPSA) is 130 Å². The van der Waals surface area contributed by atoms with Crippen molar-refractivity contribution in [2.45, 2.75) is 39.5 Å². The molecule has 1 aromatic carbocycles. The number of esters is 1. The highest BCUT2D eigenvalue weighted by molar-refractivity contribution is 6.26. The minimum absolute atomic E-state index is 0.00497. The van der Waals surface area contributed by atoms with Crippen molar-refractivity contribution < 1.29 is 19.1 Å². The highest BCUT2D eigenvalue weighted by Gasteiger charge is 2.38. The van der Waals surface area contributed by atoms with Gasteiger partial charge in [-0.2, -0.15) is 15.8 Å². The van der Waals surface area contributed by atoms with Crippen molar-refractivity contribution in [1.29, 1.82) is 15.8 Å². The average molecular weight is 516 g/mol. The third-order valence-electron chi connectivity index (χ3n) is 5.97. The monoisotopic (exact) mass is 515 g/mol. The molecule has 0 fully saturated rings. The lowest BCUT2D eigenvalue weighted by Gasteiger charge is -2.25. The molecule has 1 heterocycles. The molecule has 9 heteroatoms. The molecule has 0 bridgehead atoms. The largest absolute Gasteiger partial charge is 0.460 e. The Hall–Kier alpha value is -4.39. The van der Waals surface area contributed by atoms with Crippen LogP contribution in [0, 0.1) is 34.0 Å². The van der Waals surface area contributed by atoms with Crippen LogP contribution in [0.4, 0.5) is 5.69 Å². The third kappa shape index (κ3) is 7.56. The van der Waals surface area contributed by atoms with E-state index in [-0.39, 0.29) is 48.8 Å². The number of nitrogens with zero attached hydrogens (tertiary/aromatic N) is 5. The predicted octanol–water partition coefficient (Wildman–Crippen LogP) is 4.26. The average Bonchev–Trinajstić information content (AvgIpc) is 3.22. The normalized spacial score (nSPS) is 12.6. The van der Waals surface area contributed by atoms with Crippen molar-refractivity contribution in [1.82, 2.24) is 4.90 Å². The summed E-state index contributed by atoms with van der Waals surface area (Å²) in [4.78, 5) is 28.2. The first kappa shape index (κ1) is 29.8. The Balaban J connectivity index is 2.31. The van der Waals surface area contributed by atoms with E-state index in [0.717, 1.165) is 50.5 Å². The molecule has 0 saturated heterocycles. The minimum atomic E-state index is -0.571. The van der Waals surface area contributed by atoms with Crippen LogP contribution in [0.5, 0.6) is 0 Å². The molecule has 1 aromatic rings. The number of rotatable bonds is 15. The van der Waals surface area contributed by atoms with Crippen LogP contribution in [0.25, 0.3) is 5.57 Å². The fourth-order valence-electron chi connectivity index (χ4n) is 4.00. The molecule has 0 unspecified atom stereocenters. The fraction of sp³-hybridized carbons (Fsp3) is 0.414. The van der Waals surface area contributed by atoms with Gasteiger partial charge in [0.1, 0.15) is 24.8 Å². The highest BCUT2D eigenvalue weighted by Crippen LogP contribution is 2.37. The highest BCUT2D eigenvalue weighted by atomic mass is 16.6. The van der Waals surface area contributed by atoms with Gasteiger partial charge in [-0.3, -0.25) is 4.79 Å². The van der Waals surface area contributed by atoms with Crippen LogP contribution >= 0.6 is 0 Å². The van der Waals surface area contributed by atoms with Gasteiger partial charge >= 0.3 is 5.97 Å². The second kappa shape index (κ2) is 15.7. The molecule has 1 aliphatic heterocycles. The summed E-state index contributed by atoms with van der Waals surface area (Å²) < 4.78 is 10.3. The van der Waals surface area contributed by atoms with Gasteiger partial charge in [-0.05, 0) is 30.5 Å². The van der Waals surface area contributed by atoms with Crippen LogP contribution in [0.3, 0.4) is 0 Å². The zero-order valence-corrected chi connectivity index (χ0v) is 22.0. The Kier molecular flexibility index (Phi) is 12.3. The number of carbonyl (C=O) groups excluding carboxylic acids is 2. The molecule has 198 valence electrons. The SMILES string of the molecule is C=CC(=O)OCCOCCN1C(=O)C(c2ccc(N(CCCC)CCCC)cc2)=C(C#N)C1=C(C#N)C#N. The first-order valence-corrected chi connectivity index (χ1v) is 12.7. The van der Waals surface area contributed by atoms with Crippen molar-refractivity contribution >= 4 is 23.1 Å². The zero-order valence-electron chi connectivity index (χ0n) is 22.0. The van der Waals surface area contributed by atoms with Crippen LogP contribution in [0.1, 0.15) is 45.1 Å². The molecule has 38 heavy (non-hydrogen) atoms. The Labute approximate surface area is 224 Å². The summed E-state index contributed by atoms with van der Waals surface area (Å²) in [5, 5.41) is 29.0. The van der Waals surface area contributed by atoms with Crippen LogP contribution in [-0.4, -0.2) is 56.2 Å². The number of carbonyl (C=O) groups is 2. The first-order chi connectivity index (χ1) is 18.5. The molecular formula is C29H33N5O4. The Morgan fingerprint density at radius 1 is 1.03 bits per heavy atom. The number of anilines is 1. The van der Waals surface area contributed by atoms with Crippen molar-refractivity contribution in [2.75, 3.05) is 44.4 Å². The lowest BCUT2D eigenvalue weighted by molar-refractivity contribution is -0.139. The summed E-state index contributed by atoms with van der Waals surface area (Å²) in [5.41, 5.74) is 1.35. The smallest absolute Gasteiger partial charge is 0.330 e. The van der Waals surface area contributed by atoms with E-state index in [1.165, 1.54) is 4.90 Å². The van der Waals surface area contributed by atoms with Gasteiger partial charge in [0.05, 0.1) is 30.1 Å². The summed E-state index contributed by atoms with van der Waals surface area (Å²) in [5.74, 6) is -1.05. The Bertz CT molecular complexity index is 1170. The molecule has 0 radical (unpaired) electrons. The second-order valence-electron chi connectivity index (χ2n) is 8.49. The summed E-state index contributed by atoms with van der Waals surface area (Å²) in [6, 6.07) is 13.1. The number of allylic oxidation sites excluding steroid dienone is 2. The van der Waals surface area contributed by atoms with E-state index in [1.807, 2.05) is 18.2 Å². The first-order valence-electron chi connectivity index (χ1n) is 12.7. The summed E-state index contributed by atoms with van der Waals surface area (Å²) >= 11 is 0. The van der Waals surface area contributed by atoms with Crippen LogP contribution < -0.4 is 4.90 Å². The van der Waals surface area contributed by atoms with E-state index < -0.39 is 11.9 Å². The van der Waals surface area contributed by atoms with Crippen LogP contribution in [0.2, 0.25) is 0 Å². The van der Waals surface area contributed by atoms with Gasteiger partial charge in [0.15, 0.2) is 5.57 Å². The fourth-order valence-corrected chi connectivity index (χ4v) is 4.00. The lowest BCUT2D eigenvalue weighted by atomic mass is 9.99. The molecule has 0 aromatic heterocycles. The molecule has 0 saturated carbocycles. The summed E-state index contributed by atoms with van der Waals surface area (Å²) in [7, 11) is 0. The van der Waals surface area contributed by atoms with Crippen LogP contribution in [-0.2, 0) is 19.1 Å². The van der Waals surface area contributed by atoms with Gasteiger partial charge in [0.2, 0.25) is 0 Å². The maximum atomic E-state index is 13.5. The lowest BCUT2D eigenvalue weighted by Crippen LogP contribution is -2.30. The van der Waals surface area contributed by atoms with E-state index in [4.69, 9.17) is 9.47 Å². The number of nitriles is 3. The van der Waals surface area contributed by atoms with Crippen molar-refractivity contribution in [2.24, 2.45) is 0 Å². The zero-order chi connectivity index (χ0) is 27.9. The van der Waals surface area contributed by atoms with Gasteiger partial charge in [0, 0.05) is 31.4 Å². The number of unbranched alkanes of at least 4 members (excludes halogenated alkanes) is 2. The van der Waals surface area contributed by atoms with Gasteiger partial charge in [-0.15, -0.1) is 0 Å². The van der Waals surface area contributed by atoms with Gasteiger partial charge in [-0.1, -0.05) is 45.4 Å². The molecule has 0 atom stereocenters. The van der Waals surface area contributed by atoms with E-state index in [0.29, 0.717) is 5.56 Å². The second-order valence-corrected chi connectivity index (χ2v) is 8.49. The van der Waals surface area contributed by atoms with Crippen molar-refractivity contribution in [3.8, 4) is 18.2 Å². The maximum absolute atomic E-state index is 13.5. The molecule has 2 rings (SSSR count). The Morgan fingerprint density at radius 3 is 2.18 bits per heavy atom. The molecule has 1 amide bonds. The Morgan fingerprint density at radius 2 is 1.66 bits per heavy atom. The predicted molar refractivity (Wildman–Crippen MR) is 143 cm³/mol. The van der Waals surface area contributed by atoms with Gasteiger partial charge in [-0.25, -0.2) is 4.79 Å². The van der Waals surface area contributed by atoms with Crippen molar-refractivity contribution in [3.63, 3.8) is 0 Å². The minimum Gasteiger partial charge on any atom is -0.460 e. The van der Waals surface area contributed by atoms with E-state index in [9.17, 15) is 25.4 Å². The number of amides is 1. The standard InChI is InChI=1S/C29H33N5O4/c1-4-7-13-33(14-8-5-2)24-11-9-22(10-12-24)27-25(21-32)28(23(19-30)20-31)34(29(27)36)15-16-37-17-18-38-26(35)6-3/h6,9-12H,3-5,7-8,13-18H2,1-2H3. The molecule has 9 nitrogen and oxygen atoms in total. The van der Waals surface area contributed by atoms with Crippen molar-refractivity contribution in [3.05, 3.63) is 59.3 Å².